The van der Waals surface area contributed by atoms with Gasteiger partial charge in [0.1, 0.15) is 6.23 Å². The molecule has 3 N–H and O–H groups in total. The Hall–Kier alpha value is 0.310. The number of aliphatic hydroxyl groups excluding tert-OH is 2. The van der Waals surface area contributed by atoms with Crippen LogP contribution in [0.15, 0.2) is 0 Å². The lowest BCUT2D eigenvalue weighted by atomic mass is 10.7. The molecule has 3 nitrogen and oxygen atoms in total. The molecule has 0 saturated carbocycles. The first-order valence-corrected chi connectivity index (χ1v) is 2.14. The molecule has 0 aromatic rings. The van der Waals surface area contributed by atoms with Crippen LogP contribution in [0, 0.1) is 0 Å². The minimum Gasteiger partial charge on any atom is -0.392 e. The zero-order valence-corrected chi connectivity index (χ0v) is 4.41. The molecule has 0 aliphatic carbocycles. The van der Waals surface area contributed by atoms with E-state index in [0.717, 1.165) is 0 Å². The van der Waals surface area contributed by atoms with E-state index in [1.54, 1.807) is 0 Å². The lowest BCUT2D eigenvalue weighted by Crippen LogP contribution is -2.22. The van der Waals surface area contributed by atoms with E-state index >= 15 is 0 Å². The Morgan fingerprint density at radius 3 is 2.33 bits per heavy atom. The Balaban J connectivity index is 2.75. The Morgan fingerprint density at radius 2 is 2.33 bits per heavy atom. The molecule has 0 aliphatic heterocycles. The van der Waals surface area contributed by atoms with E-state index in [0.29, 0.717) is 0 Å². The molecular weight excluding hydrogens is 101 g/mol. The van der Waals surface area contributed by atoms with Crippen molar-refractivity contribution in [2.75, 3.05) is 6.61 Å². The third kappa shape index (κ3) is 2.54. The van der Waals surface area contributed by atoms with Gasteiger partial charge >= 0.3 is 0 Å². The molecule has 2 unspecified atom stereocenters. The van der Waals surface area contributed by atoms with Crippen LogP contribution in [-0.2, 0) is 0 Å². The van der Waals surface area contributed by atoms with Crippen LogP contribution in [0.3, 0.4) is 0 Å². The number of aliphatic hydroxyl groups is 2. The molecule has 4 heteroatoms. The summed E-state index contributed by atoms with van der Waals surface area (Å²) in [5.41, 5.74) is 0. The van der Waals surface area contributed by atoms with Crippen LogP contribution in [0.2, 0.25) is 0 Å². The zero-order valence-electron chi connectivity index (χ0n) is 3.26. The van der Waals surface area contributed by atoms with Crippen LogP contribution in [0.1, 0.15) is 0 Å². The fraction of sp³-hybridized carbons (Fsp3) is 1.00. The van der Waals surface area contributed by atoms with Gasteiger partial charge in [-0.2, -0.15) is 0 Å². The van der Waals surface area contributed by atoms with E-state index in [9.17, 15) is 0 Å². The average Bonchev–Trinajstić information content (AvgIpc) is 1.65. The number of nitrogens with one attached hydrogen (secondary N) is 1. The molecule has 0 aliphatic rings. The summed E-state index contributed by atoms with van der Waals surface area (Å²) >= 11 is 0. The molecular formula is C2H8NO2P. The van der Waals surface area contributed by atoms with Crippen LogP contribution in [0.4, 0.5) is 0 Å². The third-order valence-electron chi connectivity index (χ3n) is 0.365. The highest BCUT2D eigenvalue weighted by Crippen LogP contribution is 1.74. The van der Waals surface area contributed by atoms with Gasteiger partial charge in [-0.05, 0) is 0 Å². The van der Waals surface area contributed by atoms with Crippen LogP contribution < -0.4 is 5.09 Å². The smallest absolute Gasteiger partial charge is 0.131 e. The minimum absolute atomic E-state index is 0.247. The lowest BCUT2D eigenvalue weighted by Gasteiger charge is -2.00. The normalized spacial score (nSPS) is 14.5. The van der Waals surface area contributed by atoms with E-state index in [2.05, 4.69) is 14.5 Å². The highest BCUT2D eigenvalue weighted by atomic mass is 31.0. The Labute approximate surface area is 38.6 Å². The maximum Gasteiger partial charge on any atom is 0.131 e. The second kappa shape index (κ2) is 3.50. The van der Waals surface area contributed by atoms with Crippen molar-refractivity contribution in [1.82, 2.24) is 5.09 Å². The summed E-state index contributed by atoms with van der Waals surface area (Å²) in [5, 5.41) is 18.6. The van der Waals surface area contributed by atoms with Crippen molar-refractivity contribution in [3.63, 3.8) is 0 Å². The van der Waals surface area contributed by atoms with Gasteiger partial charge in [0.05, 0.1) is 6.61 Å². The summed E-state index contributed by atoms with van der Waals surface area (Å²) in [7, 11) is 2.08. The van der Waals surface area contributed by atoms with Crippen molar-refractivity contribution in [3.05, 3.63) is 0 Å². The van der Waals surface area contributed by atoms with E-state index in [4.69, 9.17) is 10.2 Å². The SMILES string of the molecule is OCC(O)NP. The number of hydrogen-bond donors (Lipinski definition) is 3. The first-order chi connectivity index (χ1) is 2.81. The summed E-state index contributed by atoms with van der Waals surface area (Å²) in [6.45, 7) is -0.247. The minimum atomic E-state index is -0.796. The van der Waals surface area contributed by atoms with Crippen molar-refractivity contribution >= 4 is 9.39 Å². The molecule has 2 atom stereocenters. The predicted molar refractivity (Wildman–Crippen MR) is 25.9 cm³/mol. The van der Waals surface area contributed by atoms with Gasteiger partial charge in [0.15, 0.2) is 0 Å². The number of hydrogen-bond acceptors (Lipinski definition) is 3. The highest BCUT2D eigenvalue weighted by molar-refractivity contribution is 7.13. The molecule has 0 bridgehead atoms. The molecule has 0 aromatic carbocycles. The van der Waals surface area contributed by atoms with E-state index in [-0.39, 0.29) is 6.61 Å². The summed E-state index contributed by atoms with van der Waals surface area (Å²) in [6.07, 6.45) is -0.796. The number of rotatable bonds is 2. The quantitative estimate of drug-likeness (QED) is 0.304. The van der Waals surface area contributed by atoms with Crippen LogP contribution in [0.25, 0.3) is 0 Å². The maximum absolute atomic E-state index is 8.28. The summed E-state index contributed by atoms with van der Waals surface area (Å²) in [5.74, 6) is 0. The molecule has 0 aromatic heterocycles. The van der Waals surface area contributed by atoms with E-state index in [1.165, 1.54) is 0 Å². The Bertz CT molecular complexity index is 30.7. The fourth-order valence-electron chi connectivity index (χ4n) is 0.0527. The van der Waals surface area contributed by atoms with Crippen molar-refractivity contribution in [2.45, 2.75) is 6.23 Å². The Kier molecular flexibility index (Phi) is 3.68. The topological polar surface area (TPSA) is 52.5 Å². The van der Waals surface area contributed by atoms with Gasteiger partial charge in [0, 0.05) is 0 Å². The molecule has 0 rings (SSSR count). The molecule has 0 spiro atoms. The van der Waals surface area contributed by atoms with Crippen molar-refractivity contribution in [2.24, 2.45) is 0 Å². The summed E-state index contributed by atoms with van der Waals surface area (Å²) < 4.78 is 0. The van der Waals surface area contributed by atoms with Gasteiger partial charge in [-0.3, -0.25) is 5.09 Å². The predicted octanol–water partition coefficient (Wildman–Crippen LogP) is -1.32. The lowest BCUT2D eigenvalue weighted by molar-refractivity contribution is 0.0890. The van der Waals surface area contributed by atoms with E-state index in [1.807, 2.05) is 0 Å². The van der Waals surface area contributed by atoms with Crippen LogP contribution in [0.5, 0.6) is 0 Å². The monoisotopic (exact) mass is 109 g/mol. The zero-order chi connectivity index (χ0) is 4.99. The summed E-state index contributed by atoms with van der Waals surface area (Å²) in [6, 6.07) is 0. The van der Waals surface area contributed by atoms with Gasteiger partial charge in [0.25, 0.3) is 0 Å². The second-order valence-corrected chi connectivity index (χ2v) is 1.20. The molecule has 0 amide bonds. The maximum atomic E-state index is 8.28. The molecule has 0 fully saturated rings. The largest absolute Gasteiger partial charge is 0.392 e. The van der Waals surface area contributed by atoms with Crippen molar-refractivity contribution < 1.29 is 10.2 Å². The molecule has 0 saturated heterocycles. The molecule has 38 valence electrons. The molecule has 0 heterocycles. The first kappa shape index (κ1) is 6.31. The molecule has 6 heavy (non-hydrogen) atoms. The molecule has 0 radical (unpaired) electrons. The van der Waals surface area contributed by atoms with Gasteiger partial charge in [-0.1, -0.05) is 9.39 Å². The Morgan fingerprint density at radius 1 is 1.83 bits per heavy atom. The van der Waals surface area contributed by atoms with E-state index < -0.39 is 6.23 Å². The second-order valence-electron chi connectivity index (χ2n) is 0.865. The van der Waals surface area contributed by atoms with Crippen molar-refractivity contribution in [1.29, 1.82) is 0 Å². The third-order valence-corrected chi connectivity index (χ3v) is 0.750. The standard InChI is InChI=1S/C2H8NO2P/c4-1-2(5)3-6/h2-5H,1,6H2. The van der Waals surface area contributed by atoms with Gasteiger partial charge < -0.3 is 10.2 Å². The van der Waals surface area contributed by atoms with Crippen LogP contribution >= 0.6 is 9.39 Å². The average molecular weight is 109 g/mol. The van der Waals surface area contributed by atoms with Gasteiger partial charge in [-0.25, -0.2) is 0 Å². The van der Waals surface area contributed by atoms with Gasteiger partial charge in [0.2, 0.25) is 0 Å². The van der Waals surface area contributed by atoms with Crippen LogP contribution in [-0.4, -0.2) is 23.0 Å². The highest BCUT2D eigenvalue weighted by Gasteiger charge is 1.90. The first-order valence-electron chi connectivity index (χ1n) is 1.56. The van der Waals surface area contributed by atoms with Gasteiger partial charge in [-0.15, -0.1) is 0 Å². The summed E-state index contributed by atoms with van der Waals surface area (Å²) in [4.78, 5) is 0. The van der Waals surface area contributed by atoms with Crippen molar-refractivity contribution in [3.8, 4) is 0 Å². The fourth-order valence-corrected chi connectivity index (χ4v) is 0.158.